The van der Waals surface area contributed by atoms with Gasteiger partial charge in [-0.15, -0.1) is 0 Å². The number of nitro groups is 1. The predicted octanol–water partition coefficient (Wildman–Crippen LogP) is 0.936. The fourth-order valence-electron chi connectivity index (χ4n) is 2.09. The molecule has 0 bridgehead atoms. The van der Waals surface area contributed by atoms with Gasteiger partial charge in [0.25, 0.3) is 5.69 Å². The van der Waals surface area contributed by atoms with Crippen LogP contribution in [-0.2, 0) is 4.79 Å². The number of nitro benzene ring substituents is 1. The van der Waals surface area contributed by atoms with Gasteiger partial charge in [0.2, 0.25) is 5.91 Å². The maximum Gasteiger partial charge on any atom is 0.338 e. The van der Waals surface area contributed by atoms with Gasteiger partial charge in [-0.25, -0.2) is 4.79 Å². The molecule has 0 aromatic heterocycles. The molecule has 106 valence electrons. The molecule has 0 saturated carbocycles. The maximum absolute atomic E-state index is 11.8. The van der Waals surface area contributed by atoms with Crippen LogP contribution < -0.4 is 5.32 Å². The van der Waals surface area contributed by atoms with Crippen LogP contribution in [0.2, 0.25) is 0 Å². The van der Waals surface area contributed by atoms with E-state index in [1.165, 1.54) is 12.1 Å². The highest BCUT2D eigenvalue weighted by atomic mass is 16.6. The Kier molecular flexibility index (Phi) is 3.55. The molecule has 1 saturated heterocycles. The number of non-ortho nitro benzene ring substituents is 1. The van der Waals surface area contributed by atoms with Gasteiger partial charge in [-0.2, -0.15) is 0 Å². The van der Waals surface area contributed by atoms with Crippen molar-refractivity contribution in [3.05, 3.63) is 33.9 Å². The Morgan fingerprint density at radius 3 is 2.75 bits per heavy atom. The Morgan fingerprint density at radius 2 is 2.25 bits per heavy atom. The first-order chi connectivity index (χ1) is 9.40. The molecule has 2 N–H and O–H groups in total. The van der Waals surface area contributed by atoms with E-state index in [2.05, 4.69) is 5.32 Å². The van der Waals surface area contributed by atoms with Crippen LogP contribution >= 0.6 is 0 Å². The number of aromatic carboxylic acids is 1. The Labute approximate surface area is 114 Å². The molecule has 2 rings (SSSR count). The van der Waals surface area contributed by atoms with Gasteiger partial charge in [0.15, 0.2) is 0 Å². The molecule has 8 nitrogen and oxygen atoms in total. The monoisotopic (exact) mass is 279 g/mol. The minimum absolute atomic E-state index is 0.125. The van der Waals surface area contributed by atoms with Gasteiger partial charge in [0.05, 0.1) is 10.5 Å². The van der Waals surface area contributed by atoms with Crippen LogP contribution in [0.25, 0.3) is 0 Å². The highest BCUT2D eigenvalue weighted by molar-refractivity contribution is 5.96. The zero-order valence-corrected chi connectivity index (χ0v) is 10.7. The molecule has 1 aliphatic rings. The molecule has 0 spiro atoms. The number of rotatable bonds is 4. The largest absolute Gasteiger partial charge is 0.478 e. The number of nitrogens with one attached hydrogen (secondary N) is 1. The SMILES string of the molecule is CN1CCC(Nc2ccc([N+](=O)[O-])cc2C(=O)O)C1=O. The number of hydrogen-bond donors (Lipinski definition) is 2. The molecular weight excluding hydrogens is 266 g/mol. The molecular formula is C12H13N3O5. The van der Waals surface area contributed by atoms with Crippen LogP contribution in [0.3, 0.4) is 0 Å². The summed E-state index contributed by atoms with van der Waals surface area (Å²) in [6, 6.07) is 3.00. The van der Waals surface area contributed by atoms with Crippen molar-refractivity contribution >= 4 is 23.3 Å². The first-order valence-electron chi connectivity index (χ1n) is 5.93. The number of hydrogen-bond acceptors (Lipinski definition) is 5. The summed E-state index contributed by atoms with van der Waals surface area (Å²) in [7, 11) is 1.66. The summed E-state index contributed by atoms with van der Waals surface area (Å²) in [4.78, 5) is 34.5. The third-order valence-corrected chi connectivity index (χ3v) is 3.20. The average Bonchev–Trinajstić information content (AvgIpc) is 2.70. The molecule has 1 aromatic carbocycles. The van der Waals surface area contributed by atoms with Crippen molar-refractivity contribution in [1.82, 2.24) is 4.90 Å². The second-order valence-electron chi connectivity index (χ2n) is 4.54. The fraction of sp³-hybridized carbons (Fsp3) is 0.333. The summed E-state index contributed by atoms with van der Waals surface area (Å²) in [6.45, 7) is 0.589. The quantitative estimate of drug-likeness (QED) is 0.626. The number of amides is 1. The highest BCUT2D eigenvalue weighted by Crippen LogP contribution is 2.24. The van der Waals surface area contributed by atoms with E-state index < -0.39 is 16.9 Å². The Hall–Kier alpha value is -2.64. The number of likely N-dealkylation sites (tertiary alicyclic amines) is 1. The molecule has 0 radical (unpaired) electrons. The second-order valence-corrected chi connectivity index (χ2v) is 4.54. The summed E-state index contributed by atoms with van der Waals surface area (Å²) in [5.74, 6) is -1.41. The van der Waals surface area contributed by atoms with E-state index in [9.17, 15) is 19.7 Å². The zero-order valence-electron chi connectivity index (χ0n) is 10.7. The van der Waals surface area contributed by atoms with Gasteiger partial charge in [-0.05, 0) is 12.5 Å². The normalized spacial score (nSPS) is 18.1. The summed E-state index contributed by atoms with van der Waals surface area (Å²) >= 11 is 0. The van der Waals surface area contributed by atoms with Crippen molar-refractivity contribution in [1.29, 1.82) is 0 Å². The van der Waals surface area contributed by atoms with E-state index in [1.807, 2.05) is 0 Å². The van der Waals surface area contributed by atoms with Crippen molar-refractivity contribution < 1.29 is 19.6 Å². The Bertz CT molecular complexity index is 586. The van der Waals surface area contributed by atoms with Crippen LogP contribution in [0.4, 0.5) is 11.4 Å². The fourth-order valence-corrected chi connectivity index (χ4v) is 2.09. The van der Waals surface area contributed by atoms with Gasteiger partial charge in [0, 0.05) is 31.4 Å². The van der Waals surface area contributed by atoms with E-state index in [1.54, 1.807) is 11.9 Å². The smallest absolute Gasteiger partial charge is 0.338 e. The van der Waals surface area contributed by atoms with E-state index >= 15 is 0 Å². The third kappa shape index (κ3) is 2.53. The van der Waals surface area contributed by atoms with Crippen molar-refractivity contribution in [3.63, 3.8) is 0 Å². The topological polar surface area (TPSA) is 113 Å². The number of benzene rings is 1. The van der Waals surface area contributed by atoms with Gasteiger partial charge in [-0.3, -0.25) is 14.9 Å². The lowest BCUT2D eigenvalue weighted by Crippen LogP contribution is -2.31. The van der Waals surface area contributed by atoms with Gasteiger partial charge in [0.1, 0.15) is 6.04 Å². The van der Waals surface area contributed by atoms with Crippen LogP contribution in [0.5, 0.6) is 0 Å². The second kappa shape index (κ2) is 5.16. The minimum Gasteiger partial charge on any atom is -0.478 e. The van der Waals surface area contributed by atoms with Crippen LogP contribution in [-0.4, -0.2) is 46.4 Å². The molecule has 1 unspecified atom stereocenters. The molecule has 0 aliphatic carbocycles. The third-order valence-electron chi connectivity index (χ3n) is 3.20. The van der Waals surface area contributed by atoms with E-state index in [0.29, 0.717) is 13.0 Å². The molecule has 20 heavy (non-hydrogen) atoms. The number of carboxylic acid groups (broad SMARTS) is 1. The number of anilines is 1. The van der Waals surface area contributed by atoms with Crippen molar-refractivity contribution in [2.24, 2.45) is 0 Å². The zero-order chi connectivity index (χ0) is 14.9. The lowest BCUT2D eigenvalue weighted by Gasteiger charge is -2.15. The standard InChI is InChI=1S/C12H13N3O5/c1-14-5-4-10(11(14)16)13-9-3-2-7(15(19)20)6-8(9)12(17)18/h2-3,6,10,13H,4-5H2,1H3,(H,17,18). The van der Waals surface area contributed by atoms with E-state index in [-0.39, 0.29) is 22.8 Å². The molecule has 8 heteroatoms. The van der Waals surface area contributed by atoms with Gasteiger partial charge < -0.3 is 15.3 Å². The molecule has 1 heterocycles. The van der Waals surface area contributed by atoms with Gasteiger partial charge in [-0.1, -0.05) is 0 Å². The Morgan fingerprint density at radius 1 is 1.55 bits per heavy atom. The average molecular weight is 279 g/mol. The first-order valence-corrected chi connectivity index (χ1v) is 5.93. The van der Waals surface area contributed by atoms with Crippen molar-refractivity contribution in [2.75, 3.05) is 18.9 Å². The van der Waals surface area contributed by atoms with Crippen LogP contribution in [0.1, 0.15) is 16.8 Å². The van der Waals surface area contributed by atoms with E-state index in [0.717, 1.165) is 6.07 Å². The maximum atomic E-state index is 11.8. The number of likely N-dealkylation sites (N-methyl/N-ethyl adjacent to an activating group) is 1. The number of carbonyl (C=O) groups excluding carboxylic acids is 1. The summed E-state index contributed by atoms with van der Waals surface area (Å²) in [5.41, 5.74) is -0.318. The molecule has 1 atom stereocenters. The van der Waals surface area contributed by atoms with Crippen LogP contribution in [0, 0.1) is 10.1 Å². The summed E-state index contributed by atoms with van der Waals surface area (Å²) in [5, 5.41) is 22.6. The van der Waals surface area contributed by atoms with Crippen molar-refractivity contribution in [2.45, 2.75) is 12.5 Å². The summed E-state index contributed by atoms with van der Waals surface area (Å²) in [6.07, 6.45) is 0.561. The summed E-state index contributed by atoms with van der Waals surface area (Å²) < 4.78 is 0. The lowest BCUT2D eigenvalue weighted by atomic mass is 10.1. The van der Waals surface area contributed by atoms with Crippen molar-refractivity contribution in [3.8, 4) is 0 Å². The molecule has 1 amide bonds. The predicted molar refractivity (Wildman–Crippen MR) is 69.7 cm³/mol. The minimum atomic E-state index is -1.28. The van der Waals surface area contributed by atoms with Crippen LogP contribution in [0.15, 0.2) is 18.2 Å². The Balaban J connectivity index is 2.30. The number of carbonyl (C=O) groups is 2. The lowest BCUT2D eigenvalue weighted by molar-refractivity contribution is -0.384. The molecule has 1 fully saturated rings. The molecule has 1 aliphatic heterocycles. The highest BCUT2D eigenvalue weighted by Gasteiger charge is 2.30. The molecule has 1 aromatic rings. The number of carboxylic acids is 1. The number of nitrogens with zero attached hydrogens (tertiary/aromatic N) is 2. The van der Waals surface area contributed by atoms with E-state index in [4.69, 9.17) is 5.11 Å². The first kappa shape index (κ1) is 13.8. The van der Waals surface area contributed by atoms with Gasteiger partial charge >= 0.3 is 5.97 Å².